The number of nitrogens with zero attached hydrogens (tertiary/aromatic N) is 2. The van der Waals surface area contributed by atoms with Crippen LogP contribution in [0.3, 0.4) is 0 Å². The summed E-state index contributed by atoms with van der Waals surface area (Å²) in [5.74, 6) is 0.606. The summed E-state index contributed by atoms with van der Waals surface area (Å²) in [7, 11) is 0.710. The van der Waals surface area contributed by atoms with Gasteiger partial charge < -0.3 is 19.5 Å². The predicted octanol–water partition coefficient (Wildman–Crippen LogP) is 28.7. The molecule has 20 rings (SSSR count). The van der Waals surface area contributed by atoms with E-state index in [4.69, 9.17) is 9.68 Å². The van der Waals surface area contributed by atoms with E-state index in [1.807, 2.05) is 24.3 Å². The fourth-order valence-corrected chi connectivity index (χ4v) is 17.5. The first kappa shape index (κ1) is 73.3. The van der Waals surface area contributed by atoms with Gasteiger partial charge in [-0.3, -0.25) is 0 Å². The Morgan fingerprint density at radius 2 is 0.388 bits per heavy atom. The summed E-state index contributed by atoms with van der Waals surface area (Å²) < 4.78 is 6.20. The molecule has 0 atom stereocenters. The molecule has 551 valence electrons. The van der Waals surface area contributed by atoms with Crippen molar-refractivity contribution in [3.63, 3.8) is 0 Å². The zero-order valence-corrected chi connectivity index (χ0v) is 65.3. The van der Waals surface area contributed by atoms with E-state index in [1.54, 1.807) is 0 Å². The highest BCUT2D eigenvalue weighted by Gasteiger charge is 2.47. The second kappa shape index (κ2) is 33.3. The predicted molar refractivity (Wildman–Crippen MR) is 487 cm³/mol. The average molecular weight is 1550 g/mol. The van der Waals surface area contributed by atoms with Crippen LogP contribution >= 0.6 is 15.9 Å². The van der Waals surface area contributed by atoms with Crippen LogP contribution in [-0.2, 0) is 10.8 Å². The minimum Gasteiger partial charge on any atom is -0.537 e. The molecule has 0 aromatic heterocycles. The van der Waals surface area contributed by atoms with Crippen LogP contribution in [0.1, 0.15) is 44.5 Å². The number of fused-ring (bicyclic) bond motifs is 6. The number of halogens is 1. The average Bonchev–Trinajstić information content (AvgIpc) is 1.55. The monoisotopic (exact) mass is 1550 g/mol. The number of rotatable bonds is 17. The van der Waals surface area contributed by atoms with Gasteiger partial charge in [0.15, 0.2) is 0 Å². The largest absolute Gasteiger partial charge is 0.569 e. The Balaban J connectivity index is 0.000000131. The molecular weight excluding hydrogens is 1470 g/mol. The van der Waals surface area contributed by atoms with Gasteiger partial charge >= 0.3 is 7.69 Å². The van der Waals surface area contributed by atoms with Crippen LogP contribution in [0.2, 0.25) is 0 Å². The molecule has 1 N–H and O–H groups in total. The highest BCUT2D eigenvalue weighted by Crippen LogP contribution is 2.58. The maximum absolute atomic E-state index is 8.94. The van der Waals surface area contributed by atoms with Crippen molar-refractivity contribution in [3.8, 4) is 83.6 Å². The number of anilines is 6. The van der Waals surface area contributed by atoms with Gasteiger partial charge in [-0.2, -0.15) is 0 Å². The molecular formula is C110H79BBrN2O2. The summed E-state index contributed by atoms with van der Waals surface area (Å²) in [4.78, 5) is 4.63. The van der Waals surface area contributed by atoms with Gasteiger partial charge in [0.2, 0.25) is 0 Å². The Labute approximate surface area is 688 Å². The summed E-state index contributed by atoms with van der Waals surface area (Å²) in [6, 6.07) is 169. The van der Waals surface area contributed by atoms with Gasteiger partial charge in [0.25, 0.3) is 0 Å². The lowest BCUT2D eigenvalue weighted by molar-refractivity contribution is 0.453. The Morgan fingerprint density at radius 1 is 0.198 bits per heavy atom. The zero-order valence-electron chi connectivity index (χ0n) is 63.7. The summed E-state index contributed by atoms with van der Waals surface area (Å²) in [5.41, 5.74) is 33.3. The third-order valence-corrected chi connectivity index (χ3v) is 23.1. The van der Waals surface area contributed by atoms with Gasteiger partial charge in [-0.25, -0.2) is 0 Å². The highest BCUT2D eigenvalue weighted by atomic mass is 79.9. The molecule has 6 heteroatoms. The molecule has 0 aliphatic heterocycles. The van der Waals surface area contributed by atoms with Crippen LogP contribution in [0.5, 0.6) is 5.75 Å². The van der Waals surface area contributed by atoms with Crippen molar-refractivity contribution < 1.29 is 9.68 Å². The molecule has 0 heterocycles. The molecule has 0 amide bonds. The van der Waals surface area contributed by atoms with Crippen molar-refractivity contribution in [1.29, 1.82) is 0 Å². The van der Waals surface area contributed by atoms with Gasteiger partial charge in [-0.1, -0.05) is 392 Å². The minimum absolute atomic E-state index is 0.393. The lowest BCUT2D eigenvalue weighted by Crippen LogP contribution is -2.28. The van der Waals surface area contributed by atoms with E-state index >= 15 is 0 Å². The standard InChI is InChI=1S/C55H39N.C30H22BrN.C25H18BO2/c1-4-14-40(15-5-1)43-26-34-48(35-27-43)56(49-36-28-44(29-37-49)41-16-6-2-7-17-41)50-38-30-45(31-39-50)42-24-32-47(33-25-42)55(46-18-8-3-9-19-46)53-22-12-10-20-51(53)52-21-11-13-23-54(52)55;31-27-15-21-30(22-16-27)32(28-17-11-25(12-18-28)23-7-3-1-4-8-23)29-19-13-26(14-20-29)24-9-5-2-6-10-24;27-26-28-20-16-14-19(15-17-20)25(18-8-2-1-3-9-18)23-12-6-4-10-21(23)22-11-5-7-13-24(22)25/h1-39H;1-22H;1-17,27H. The van der Waals surface area contributed by atoms with Gasteiger partial charge in [0.05, 0.1) is 16.6 Å². The van der Waals surface area contributed by atoms with Crippen LogP contribution in [0.4, 0.5) is 34.1 Å². The van der Waals surface area contributed by atoms with E-state index < -0.39 is 10.8 Å². The van der Waals surface area contributed by atoms with E-state index in [0.717, 1.165) is 38.6 Å². The van der Waals surface area contributed by atoms with Gasteiger partial charge in [-0.15, -0.1) is 0 Å². The molecule has 2 aliphatic rings. The van der Waals surface area contributed by atoms with Gasteiger partial charge in [-0.05, 0) is 219 Å². The molecule has 0 fully saturated rings. The molecule has 2 aliphatic carbocycles. The number of hydrogen-bond acceptors (Lipinski definition) is 4. The SMILES string of the molecule is Brc1ccc(N(c2ccc(-c3ccccc3)cc2)c2ccc(-c3ccccc3)cc2)cc1.O[B]Oc1ccc(C2(c3ccccc3)c3ccccc3-c3ccccc32)cc1.c1ccc(-c2ccc(N(c3ccc(-c4ccccc4)cc3)c3ccc(-c4ccc(C5(c6ccccc6)c6ccccc6-c6ccccc65)cc4)cc3)cc2)cc1. The van der Waals surface area contributed by atoms with E-state index in [0.29, 0.717) is 13.4 Å². The van der Waals surface area contributed by atoms with Crippen LogP contribution < -0.4 is 14.5 Å². The second-order valence-electron chi connectivity index (χ2n) is 29.1. The molecule has 0 saturated heterocycles. The third-order valence-electron chi connectivity index (χ3n) is 22.6. The molecule has 18 aromatic carbocycles. The summed E-state index contributed by atoms with van der Waals surface area (Å²) in [6.45, 7) is 0. The quantitative estimate of drug-likeness (QED) is 0.0922. The number of hydrogen-bond donors (Lipinski definition) is 1. The van der Waals surface area contributed by atoms with Crippen LogP contribution in [0, 0.1) is 0 Å². The Kier molecular flexibility index (Phi) is 21.0. The van der Waals surface area contributed by atoms with E-state index in [9.17, 15) is 0 Å². The second-order valence-corrected chi connectivity index (χ2v) is 30.0. The lowest BCUT2D eigenvalue weighted by Gasteiger charge is -2.34. The lowest BCUT2D eigenvalue weighted by atomic mass is 9.67. The van der Waals surface area contributed by atoms with Crippen LogP contribution in [0.25, 0.3) is 77.9 Å². The summed E-state index contributed by atoms with van der Waals surface area (Å²) in [6.07, 6.45) is 0. The van der Waals surface area contributed by atoms with E-state index in [-0.39, 0.29) is 0 Å². The van der Waals surface area contributed by atoms with Crippen molar-refractivity contribution in [3.05, 3.63) is 522 Å². The van der Waals surface area contributed by atoms with Crippen LogP contribution in [0.15, 0.2) is 478 Å². The molecule has 0 bridgehead atoms. The van der Waals surface area contributed by atoms with E-state index in [2.05, 4.69) is 475 Å². The van der Waals surface area contributed by atoms with Crippen LogP contribution in [-0.4, -0.2) is 12.7 Å². The zero-order chi connectivity index (χ0) is 78.0. The Morgan fingerprint density at radius 3 is 0.638 bits per heavy atom. The molecule has 18 aromatic rings. The van der Waals surface area contributed by atoms with Gasteiger partial charge in [0.1, 0.15) is 0 Å². The maximum atomic E-state index is 8.94. The molecule has 0 unspecified atom stereocenters. The van der Waals surface area contributed by atoms with Crippen molar-refractivity contribution in [2.75, 3.05) is 9.80 Å². The minimum atomic E-state index is -0.399. The normalized spacial score (nSPS) is 12.2. The molecule has 1 radical (unpaired) electrons. The maximum Gasteiger partial charge on any atom is 0.569 e. The first-order valence-corrected chi connectivity index (χ1v) is 40.1. The number of benzene rings is 18. The first-order chi connectivity index (χ1) is 57.4. The topological polar surface area (TPSA) is 35.9 Å². The summed E-state index contributed by atoms with van der Waals surface area (Å²) >= 11 is 3.56. The fraction of sp³-hybridized carbons (Fsp3) is 0.0182. The smallest absolute Gasteiger partial charge is 0.537 e. The first-order valence-electron chi connectivity index (χ1n) is 39.3. The van der Waals surface area contributed by atoms with Crippen molar-refractivity contribution in [1.82, 2.24) is 0 Å². The molecule has 0 saturated carbocycles. The Bertz CT molecular complexity index is 6070. The molecule has 0 spiro atoms. The molecule has 4 nitrogen and oxygen atoms in total. The molecule has 116 heavy (non-hydrogen) atoms. The fourth-order valence-electron chi connectivity index (χ4n) is 17.2. The summed E-state index contributed by atoms with van der Waals surface area (Å²) in [5, 5.41) is 8.94. The highest BCUT2D eigenvalue weighted by molar-refractivity contribution is 9.10. The van der Waals surface area contributed by atoms with Gasteiger partial charge in [0, 0.05) is 38.6 Å². The Hall–Kier alpha value is -14.1. The van der Waals surface area contributed by atoms with Crippen molar-refractivity contribution in [2.24, 2.45) is 0 Å². The van der Waals surface area contributed by atoms with Crippen molar-refractivity contribution >= 4 is 57.7 Å². The van der Waals surface area contributed by atoms with Crippen molar-refractivity contribution in [2.45, 2.75) is 10.8 Å². The van der Waals surface area contributed by atoms with E-state index in [1.165, 1.54) is 122 Å². The third kappa shape index (κ3) is 14.3.